The highest BCUT2D eigenvalue weighted by Gasteiger charge is 2.54. The van der Waals surface area contributed by atoms with Crippen LogP contribution in [0.3, 0.4) is 0 Å². The Balaban J connectivity index is 1.18. The molecule has 3 atom stereocenters. The second kappa shape index (κ2) is 7.99. The average molecular weight is 526 g/mol. The van der Waals surface area contributed by atoms with Crippen LogP contribution in [-0.2, 0) is 0 Å². The third-order valence-electron chi connectivity index (χ3n) is 7.53. The second-order valence-corrected chi connectivity index (χ2v) is 10.2. The van der Waals surface area contributed by atoms with Crippen LogP contribution in [0.1, 0.15) is 29.9 Å². The van der Waals surface area contributed by atoms with Gasteiger partial charge in [0.2, 0.25) is 5.88 Å². The molecule has 12 heteroatoms. The van der Waals surface area contributed by atoms with Crippen molar-refractivity contribution in [1.82, 2.24) is 39.7 Å². The summed E-state index contributed by atoms with van der Waals surface area (Å²) < 4.78 is 9.13. The number of H-pyrrole nitrogens is 1. The van der Waals surface area contributed by atoms with Crippen molar-refractivity contribution >= 4 is 17.3 Å². The van der Waals surface area contributed by atoms with Crippen molar-refractivity contribution in [2.75, 3.05) is 18.5 Å². The fourth-order valence-corrected chi connectivity index (χ4v) is 5.93. The Labute approximate surface area is 220 Å². The molecular weight excluding hydrogens is 506 g/mol. The number of rotatable bonds is 4. The molecule has 0 amide bonds. The van der Waals surface area contributed by atoms with Crippen molar-refractivity contribution in [2.24, 2.45) is 5.92 Å². The molecule has 2 N–H and O–H groups in total. The number of anilines is 1. The monoisotopic (exact) mass is 525 g/mol. The molecule has 1 fully saturated rings. The summed E-state index contributed by atoms with van der Waals surface area (Å²) in [4.78, 5) is 26.3. The fraction of sp³-hybridized carbons (Fsp3) is 0.231. The Morgan fingerprint density at radius 2 is 2.08 bits per heavy atom. The van der Waals surface area contributed by atoms with Crippen LogP contribution in [0.15, 0.2) is 59.8 Å². The van der Waals surface area contributed by atoms with Crippen LogP contribution in [-0.4, -0.2) is 52.9 Å². The molecule has 1 saturated carbocycles. The quantitative estimate of drug-likeness (QED) is 0.365. The highest BCUT2D eigenvalue weighted by Crippen LogP contribution is 2.60. The highest BCUT2D eigenvalue weighted by atomic mass is 35.5. The predicted octanol–water partition coefficient (Wildman–Crippen LogP) is 3.44. The first-order valence-corrected chi connectivity index (χ1v) is 12.7. The van der Waals surface area contributed by atoms with Crippen molar-refractivity contribution in [3.8, 4) is 34.1 Å². The summed E-state index contributed by atoms with van der Waals surface area (Å²) in [5.74, 6) is 1.97. The van der Waals surface area contributed by atoms with Crippen molar-refractivity contribution in [2.45, 2.75) is 18.4 Å². The van der Waals surface area contributed by atoms with Gasteiger partial charge in [-0.15, -0.1) is 5.10 Å². The maximum absolute atomic E-state index is 13.6. The molecule has 6 heterocycles. The third-order valence-corrected chi connectivity index (χ3v) is 7.77. The van der Waals surface area contributed by atoms with Crippen molar-refractivity contribution < 1.29 is 4.74 Å². The molecule has 5 aromatic rings. The zero-order valence-corrected chi connectivity index (χ0v) is 20.6. The summed E-state index contributed by atoms with van der Waals surface area (Å²) in [6.45, 7) is 1.34. The van der Waals surface area contributed by atoms with Crippen LogP contribution in [0.25, 0.3) is 28.2 Å². The Morgan fingerprint density at radius 3 is 2.97 bits per heavy atom. The van der Waals surface area contributed by atoms with E-state index >= 15 is 0 Å². The molecule has 3 aliphatic rings. The summed E-state index contributed by atoms with van der Waals surface area (Å²) in [5, 5.41) is 15.4. The number of ether oxygens (including phenoxy) is 1. The lowest BCUT2D eigenvalue weighted by atomic mass is 10.0. The van der Waals surface area contributed by atoms with Crippen LogP contribution in [0.4, 0.5) is 5.69 Å². The van der Waals surface area contributed by atoms with E-state index in [1.165, 1.54) is 6.33 Å². The van der Waals surface area contributed by atoms with Crippen molar-refractivity contribution in [1.29, 1.82) is 0 Å². The first kappa shape index (κ1) is 21.6. The first-order chi connectivity index (χ1) is 18.6. The van der Waals surface area contributed by atoms with E-state index in [0.717, 1.165) is 58.4 Å². The number of imidazole rings is 1. The predicted molar refractivity (Wildman–Crippen MR) is 139 cm³/mol. The molecule has 2 aliphatic heterocycles. The van der Waals surface area contributed by atoms with Gasteiger partial charge >= 0.3 is 0 Å². The topological polar surface area (TPSA) is 128 Å². The molecule has 1 aromatic carbocycles. The second-order valence-electron chi connectivity index (χ2n) is 9.75. The molecular formula is C26H20ClN9O2. The summed E-state index contributed by atoms with van der Waals surface area (Å²) in [6, 6.07) is 13.0. The number of nitrogens with one attached hydrogen (secondary N) is 2. The van der Waals surface area contributed by atoms with Crippen LogP contribution in [0.5, 0.6) is 5.88 Å². The Kier molecular flexibility index (Phi) is 4.54. The van der Waals surface area contributed by atoms with Gasteiger partial charge in [0.1, 0.15) is 18.8 Å². The minimum atomic E-state index is -0.154. The average Bonchev–Trinajstić information content (AvgIpc) is 3.29. The van der Waals surface area contributed by atoms with Gasteiger partial charge in [0, 0.05) is 34.8 Å². The zero-order chi connectivity index (χ0) is 25.4. The molecule has 0 saturated heterocycles. The molecule has 0 spiro atoms. The number of pyridine rings is 2. The van der Waals surface area contributed by atoms with Gasteiger partial charge in [0.25, 0.3) is 5.56 Å². The van der Waals surface area contributed by atoms with Crippen LogP contribution >= 0.6 is 11.6 Å². The Morgan fingerprint density at radius 1 is 1.13 bits per heavy atom. The zero-order valence-electron chi connectivity index (χ0n) is 19.9. The van der Waals surface area contributed by atoms with E-state index < -0.39 is 0 Å². The molecule has 8 rings (SSSR count). The van der Waals surface area contributed by atoms with E-state index in [1.54, 1.807) is 23.0 Å². The lowest BCUT2D eigenvalue weighted by Gasteiger charge is -2.18. The Hall–Kier alpha value is -4.51. The molecule has 0 unspecified atom stereocenters. The third kappa shape index (κ3) is 3.28. The highest BCUT2D eigenvalue weighted by molar-refractivity contribution is 6.31. The van der Waals surface area contributed by atoms with Gasteiger partial charge in [-0.1, -0.05) is 11.6 Å². The largest absolute Gasteiger partial charge is 0.474 e. The van der Waals surface area contributed by atoms with Gasteiger partial charge in [-0.25, -0.2) is 9.97 Å². The van der Waals surface area contributed by atoms with Crippen molar-refractivity contribution in [3.05, 3.63) is 81.9 Å². The van der Waals surface area contributed by atoms with Gasteiger partial charge in [0.05, 0.1) is 35.0 Å². The Bertz CT molecular complexity index is 1780. The number of fused-ring (bicyclic) bond motifs is 4. The number of benzene rings is 1. The van der Waals surface area contributed by atoms with E-state index in [4.69, 9.17) is 16.3 Å². The fourth-order valence-electron chi connectivity index (χ4n) is 5.76. The van der Waals surface area contributed by atoms with E-state index in [1.807, 2.05) is 28.8 Å². The molecule has 0 radical (unpaired) electrons. The van der Waals surface area contributed by atoms with Crippen LogP contribution in [0, 0.1) is 5.92 Å². The standard InChI is InChI=1S/C26H20ClN9O2/c27-14-1-4-21(35-12-30-33-34-35)15(9-14)13-7-22-16-10-17(16)24(36(22)23(37)8-13)25-29-11-20(31-25)18-2-3-19-26(32-18)38-6-5-28-19/h1-4,7-9,11-12,16-17,24,28H,5-6,10H2,(H,29,31)/t16-,17+,24+/m1/s1. The van der Waals surface area contributed by atoms with Gasteiger partial charge in [0.15, 0.2) is 0 Å². The number of aromatic amines is 1. The van der Waals surface area contributed by atoms with Gasteiger partial charge in [-0.3, -0.25) is 4.79 Å². The maximum atomic E-state index is 13.6. The number of nitrogens with zero attached hydrogens (tertiary/aromatic N) is 7. The summed E-state index contributed by atoms with van der Waals surface area (Å²) in [6.07, 6.45) is 4.31. The summed E-state index contributed by atoms with van der Waals surface area (Å²) in [7, 11) is 0. The smallest absolute Gasteiger partial charge is 0.252 e. The number of hydrogen-bond acceptors (Lipinski definition) is 8. The molecule has 38 heavy (non-hydrogen) atoms. The molecule has 0 bridgehead atoms. The number of hydrogen-bond donors (Lipinski definition) is 2. The van der Waals surface area contributed by atoms with E-state index in [9.17, 15) is 4.79 Å². The lowest BCUT2D eigenvalue weighted by molar-refractivity contribution is 0.311. The molecule has 11 nitrogen and oxygen atoms in total. The van der Waals surface area contributed by atoms with Crippen LogP contribution in [0.2, 0.25) is 5.02 Å². The van der Waals surface area contributed by atoms with Gasteiger partial charge in [-0.2, -0.15) is 4.68 Å². The van der Waals surface area contributed by atoms with Crippen LogP contribution < -0.4 is 15.6 Å². The first-order valence-electron chi connectivity index (χ1n) is 12.4. The van der Waals surface area contributed by atoms with E-state index in [-0.39, 0.29) is 11.6 Å². The van der Waals surface area contributed by atoms with Gasteiger partial charge < -0.3 is 19.6 Å². The van der Waals surface area contributed by atoms with E-state index in [2.05, 4.69) is 41.9 Å². The lowest BCUT2D eigenvalue weighted by Crippen LogP contribution is -2.26. The number of aromatic nitrogens is 8. The normalized spacial score (nSPS) is 20.7. The van der Waals surface area contributed by atoms with E-state index in [0.29, 0.717) is 29.3 Å². The maximum Gasteiger partial charge on any atom is 0.252 e. The molecule has 4 aromatic heterocycles. The molecule has 188 valence electrons. The summed E-state index contributed by atoms with van der Waals surface area (Å²) in [5.41, 5.74) is 5.67. The minimum Gasteiger partial charge on any atom is -0.474 e. The minimum absolute atomic E-state index is 0.0818. The molecule has 1 aliphatic carbocycles. The SMILES string of the molecule is O=c1cc(-c2cc(Cl)ccc2-n2cnnn2)cc2n1[C@H](c1ncc(-c3ccc4c(n3)OCCN4)[nH]1)[C@H]1C[C@@H]21. The number of halogens is 1. The van der Waals surface area contributed by atoms with Gasteiger partial charge in [-0.05, 0) is 64.7 Å². The number of tetrazole rings is 1. The summed E-state index contributed by atoms with van der Waals surface area (Å²) >= 11 is 6.34. The van der Waals surface area contributed by atoms with Crippen molar-refractivity contribution in [3.63, 3.8) is 0 Å².